The highest BCUT2D eigenvalue weighted by molar-refractivity contribution is 5.54. The molecule has 86 valence electrons. The molecule has 1 fully saturated rings. The molecule has 2 rings (SSSR count). The van der Waals surface area contributed by atoms with Crippen LogP contribution in [-0.4, -0.2) is 6.54 Å². The van der Waals surface area contributed by atoms with Crippen LogP contribution >= 0.6 is 0 Å². The van der Waals surface area contributed by atoms with Crippen molar-refractivity contribution in [2.45, 2.75) is 32.6 Å². The van der Waals surface area contributed by atoms with Crippen LogP contribution in [0.2, 0.25) is 0 Å². The van der Waals surface area contributed by atoms with Gasteiger partial charge in [-0.15, -0.1) is 0 Å². The van der Waals surface area contributed by atoms with Crippen molar-refractivity contribution >= 4 is 6.08 Å². The SMILES string of the molecule is CC(C)C(=Cc1ccc(C2CC2)cc1)CN. The first-order chi connectivity index (χ1) is 7.70. The van der Waals surface area contributed by atoms with Gasteiger partial charge in [0.1, 0.15) is 0 Å². The summed E-state index contributed by atoms with van der Waals surface area (Å²) in [6.45, 7) is 5.04. The Morgan fingerprint density at radius 1 is 1.31 bits per heavy atom. The first-order valence-electron chi connectivity index (χ1n) is 6.21. The Morgan fingerprint density at radius 2 is 1.94 bits per heavy atom. The topological polar surface area (TPSA) is 26.0 Å². The maximum Gasteiger partial charge on any atom is 0.0142 e. The van der Waals surface area contributed by atoms with Crippen LogP contribution in [0.4, 0.5) is 0 Å². The van der Waals surface area contributed by atoms with Crippen LogP contribution in [0.1, 0.15) is 43.7 Å². The van der Waals surface area contributed by atoms with E-state index >= 15 is 0 Å². The first kappa shape index (κ1) is 11.4. The van der Waals surface area contributed by atoms with Gasteiger partial charge in [0, 0.05) is 6.54 Å². The Balaban J connectivity index is 2.14. The van der Waals surface area contributed by atoms with E-state index in [0.717, 1.165) is 5.92 Å². The standard InChI is InChI=1S/C15H21N/c1-11(2)15(10-16)9-12-3-5-13(6-4-12)14-7-8-14/h3-6,9,11,14H,7-8,10,16H2,1-2H3. The summed E-state index contributed by atoms with van der Waals surface area (Å²) in [5.74, 6) is 1.38. The summed E-state index contributed by atoms with van der Waals surface area (Å²) in [6.07, 6.45) is 4.96. The molecule has 0 amide bonds. The molecule has 1 nitrogen and oxygen atoms in total. The van der Waals surface area contributed by atoms with Gasteiger partial charge in [0.15, 0.2) is 0 Å². The van der Waals surface area contributed by atoms with Crippen molar-refractivity contribution in [3.63, 3.8) is 0 Å². The Morgan fingerprint density at radius 3 is 2.38 bits per heavy atom. The highest BCUT2D eigenvalue weighted by Gasteiger charge is 2.22. The Kier molecular flexibility index (Phi) is 3.45. The van der Waals surface area contributed by atoms with Crippen molar-refractivity contribution in [1.82, 2.24) is 0 Å². The van der Waals surface area contributed by atoms with Gasteiger partial charge < -0.3 is 5.73 Å². The lowest BCUT2D eigenvalue weighted by Crippen LogP contribution is -2.08. The third-order valence-electron chi connectivity index (χ3n) is 3.31. The maximum absolute atomic E-state index is 5.74. The van der Waals surface area contributed by atoms with Gasteiger partial charge in [-0.1, -0.05) is 49.8 Å². The molecule has 0 aromatic heterocycles. The molecule has 0 atom stereocenters. The molecule has 16 heavy (non-hydrogen) atoms. The number of hydrogen-bond acceptors (Lipinski definition) is 1. The van der Waals surface area contributed by atoms with Crippen molar-refractivity contribution in [2.75, 3.05) is 6.54 Å². The summed E-state index contributed by atoms with van der Waals surface area (Å²) in [5, 5.41) is 0. The third-order valence-corrected chi connectivity index (χ3v) is 3.31. The van der Waals surface area contributed by atoms with Gasteiger partial charge >= 0.3 is 0 Å². The van der Waals surface area contributed by atoms with E-state index in [0.29, 0.717) is 12.5 Å². The average molecular weight is 215 g/mol. The fourth-order valence-corrected chi connectivity index (χ4v) is 1.96. The molecule has 2 N–H and O–H groups in total. The van der Waals surface area contributed by atoms with Crippen molar-refractivity contribution in [1.29, 1.82) is 0 Å². The zero-order valence-corrected chi connectivity index (χ0v) is 10.2. The van der Waals surface area contributed by atoms with E-state index in [1.165, 1.54) is 29.5 Å². The van der Waals surface area contributed by atoms with Gasteiger partial charge in [-0.25, -0.2) is 0 Å². The van der Waals surface area contributed by atoms with Gasteiger partial charge in [-0.05, 0) is 35.8 Å². The van der Waals surface area contributed by atoms with Crippen molar-refractivity contribution in [2.24, 2.45) is 11.7 Å². The fraction of sp³-hybridized carbons (Fsp3) is 0.467. The molecule has 0 aliphatic heterocycles. The second kappa shape index (κ2) is 4.84. The fourth-order valence-electron chi connectivity index (χ4n) is 1.96. The van der Waals surface area contributed by atoms with E-state index in [2.05, 4.69) is 44.2 Å². The van der Waals surface area contributed by atoms with E-state index in [-0.39, 0.29) is 0 Å². The van der Waals surface area contributed by atoms with E-state index in [9.17, 15) is 0 Å². The molecule has 1 aliphatic carbocycles. The lowest BCUT2D eigenvalue weighted by molar-refractivity contribution is 0.752. The van der Waals surface area contributed by atoms with Crippen LogP contribution in [-0.2, 0) is 0 Å². The Labute approximate surface area is 98.4 Å². The molecular weight excluding hydrogens is 194 g/mol. The molecule has 1 saturated carbocycles. The van der Waals surface area contributed by atoms with Crippen LogP contribution in [0, 0.1) is 5.92 Å². The van der Waals surface area contributed by atoms with E-state index in [4.69, 9.17) is 5.73 Å². The molecule has 1 heteroatoms. The summed E-state index contributed by atoms with van der Waals surface area (Å²) in [7, 11) is 0. The van der Waals surface area contributed by atoms with Gasteiger partial charge in [-0.2, -0.15) is 0 Å². The maximum atomic E-state index is 5.74. The quantitative estimate of drug-likeness (QED) is 0.816. The summed E-state index contributed by atoms with van der Waals surface area (Å²) >= 11 is 0. The monoisotopic (exact) mass is 215 g/mol. The highest BCUT2D eigenvalue weighted by Crippen LogP contribution is 2.39. The first-order valence-corrected chi connectivity index (χ1v) is 6.21. The third kappa shape index (κ3) is 2.73. The largest absolute Gasteiger partial charge is 0.327 e. The predicted molar refractivity (Wildman–Crippen MR) is 70.3 cm³/mol. The Bertz CT molecular complexity index is 369. The minimum Gasteiger partial charge on any atom is -0.327 e. The van der Waals surface area contributed by atoms with Crippen molar-refractivity contribution < 1.29 is 0 Å². The second-order valence-electron chi connectivity index (χ2n) is 5.02. The number of benzene rings is 1. The number of rotatable bonds is 4. The van der Waals surface area contributed by atoms with Crippen LogP contribution in [0.3, 0.4) is 0 Å². The van der Waals surface area contributed by atoms with Crippen LogP contribution in [0.5, 0.6) is 0 Å². The van der Waals surface area contributed by atoms with Gasteiger partial charge in [0.25, 0.3) is 0 Å². The smallest absolute Gasteiger partial charge is 0.0142 e. The minimum atomic E-state index is 0.535. The van der Waals surface area contributed by atoms with Crippen LogP contribution in [0.15, 0.2) is 29.8 Å². The van der Waals surface area contributed by atoms with Crippen molar-refractivity contribution in [3.05, 3.63) is 41.0 Å². The number of nitrogens with two attached hydrogens (primary N) is 1. The molecule has 0 bridgehead atoms. The zero-order chi connectivity index (χ0) is 11.5. The molecule has 1 aliphatic rings. The van der Waals surface area contributed by atoms with Crippen LogP contribution in [0.25, 0.3) is 6.08 Å². The molecule has 0 radical (unpaired) electrons. The molecule has 0 spiro atoms. The van der Waals surface area contributed by atoms with E-state index in [1.54, 1.807) is 0 Å². The lowest BCUT2D eigenvalue weighted by Gasteiger charge is -2.08. The van der Waals surface area contributed by atoms with E-state index in [1.807, 2.05) is 0 Å². The molecule has 0 saturated heterocycles. The van der Waals surface area contributed by atoms with Crippen molar-refractivity contribution in [3.8, 4) is 0 Å². The molecular formula is C15H21N. The summed E-state index contributed by atoms with van der Waals surface area (Å²) < 4.78 is 0. The van der Waals surface area contributed by atoms with E-state index < -0.39 is 0 Å². The van der Waals surface area contributed by atoms with Crippen LogP contribution < -0.4 is 5.73 Å². The molecule has 1 aromatic rings. The molecule has 1 aromatic carbocycles. The lowest BCUT2D eigenvalue weighted by atomic mass is 9.99. The van der Waals surface area contributed by atoms with Gasteiger partial charge in [0.2, 0.25) is 0 Å². The summed E-state index contributed by atoms with van der Waals surface area (Å²) in [5.41, 5.74) is 9.83. The van der Waals surface area contributed by atoms with Gasteiger partial charge in [-0.3, -0.25) is 0 Å². The predicted octanol–water partition coefficient (Wildman–Crippen LogP) is 3.56. The minimum absolute atomic E-state index is 0.535. The number of hydrogen-bond donors (Lipinski definition) is 1. The average Bonchev–Trinajstić information content (AvgIpc) is 3.10. The highest BCUT2D eigenvalue weighted by atomic mass is 14.5. The Hall–Kier alpha value is -1.08. The second-order valence-corrected chi connectivity index (χ2v) is 5.02. The summed E-state index contributed by atoms with van der Waals surface area (Å²) in [6, 6.07) is 8.95. The molecule has 0 unspecified atom stereocenters. The van der Waals surface area contributed by atoms with Gasteiger partial charge in [0.05, 0.1) is 0 Å². The zero-order valence-electron chi connectivity index (χ0n) is 10.2. The molecule has 0 heterocycles. The normalized spacial score (nSPS) is 16.9. The summed E-state index contributed by atoms with van der Waals surface area (Å²) in [4.78, 5) is 0.